The van der Waals surface area contributed by atoms with Gasteiger partial charge in [-0.05, 0) is 52.3 Å². The summed E-state index contributed by atoms with van der Waals surface area (Å²) < 4.78 is 0.0269. The van der Waals surface area contributed by atoms with Crippen LogP contribution in [0.3, 0.4) is 0 Å². The molecule has 2 nitrogen and oxygen atoms in total. The molecule has 106 valence electrons. The van der Waals surface area contributed by atoms with Crippen molar-refractivity contribution in [2.24, 2.45) is 0 Å². The first-order chi connectivity index (χ1) is 8.75. The van der Waals surface area contributed by atoms with Crippen LogP contribution < -0.4 is 10.2 Å². The standard InChI is InChI=1S/C15H24N2S2/c1-14(2,3)17-9-8-16-12-7-6-11(10-13(12)17)15(4,5)19-18/h6-7,10,16,18H,8-9H2,1-5H3. The first-order valence-electron chi connectivity index (χ1n) is 6.74. The largest absolute Gasteiger partial charge is 0.382 e. The number of thiol groups is 1. The molecule has 0 unspecified atom stereocenters. The Kier molecular flexibility index (Phi) is 4.03. The minimum Gasteiger partial charge on any atom is -0.382 e. The van der Waals surface area contributed by atoms with Crippen LogP contribution in [0.1, 0.15) is 40.2 Å². The van der Waals surface area contributed by atoms with Gasteiger partial charge in [0, 0.05) is 23.4 Å². The normalized spacial score (nSPS) is 16.0. The van der Waals surface area contributed by atoms with Crippen molar-refractivity contribution < 1.29 is 0 Å². The van der Waals surface area contributed by atoms with Gasteiger partial charge in [0.15, 0.2) is 0 Å². The summed E-state index contributed by atoms with van der Waals surface area (Å²) in [4.78, 5) is 2.49. The molecule has 0 atom stereocenters. The van der Waals surface area contributed by atoms with E-state index in [1.807, 2.05) is 0 Å². The number of hydrogen-bond donors (Lipinski definition) is 2. The fraction of sp³-hybridized carbons (Fsp3) is 0.600. The van der Waals surface area contributed by atoms with Crippen LogP contribution >= 0.6 is 22.5 Å². The van der Waals surface area contributed by atoms with Crippen LogP contribution in [-0.4, -0.2) is 18.6 Å². The van der Waals surface area contributed by atoms with E-state index in [2.05, 4.69) is 74.7 Å². The molecule has 1 aromatic carbocycles. The van der Waals surface area contributed by atoms with Crippen LogP contribution in [0.25, 0.3) is 0 Å². The highest BCUT2D eigenvalue weighted by atomic mass is 33.1. The Hall–Kier alpha value is -0.480. The summed E-state index contributed by atoms with van der Waals surface area (Å²) in [5, 5.41) is 3.49. The Balaban J connectivity index is 2.47. The Bertz CT molecular complexity index is 464. The van der Waals surface area contributed by atoms with Crippen molar-refractivity contribution in [1.29, 1.82) is 0 Å². The summed E-state index contributed by atoms with van der Waals surface area (Å²) in [6, 6.07) is 6.73. The van der Waals surface area contributed by atoms with Gasteiger partial charge in [0.1, 0.15) is 0 Å². The lowest BCUT2D eigenvalue weighted by atomic mass is 9.97. The van der Waals surface area contributed by atoms with Crippen LogP contribution in [0.2, 0.25) is 0 Å². The summed E-state index contributed by atoms with van der Waals surface area (Å²) in [7, 11) is 1.60. The average Bonchev–Trinajstić information content (AvgIpc) is 2.36. The van der Waals surface area contributed by atoms with E-state index >= 15 is 0 Å². The van der Waals surface area contributed by atoms with Crippen molar-refractivity contribution in [1.82, 2.24) is 0 Å². The molecule has 19 heavy (non-hydrogen) atoms. The van der Waals surface area contributed by atoms with Gasteiger partial charge in [-0.2, -0.15) is 0 Å². The van der Waals surface area contributed by atoms with Crippen molar-refractivity contribution in [3.63, 3.8) is 0 Å². The van der Waals surface area contributed by atoms with Crippen LogP contribution in [0, 0.1) is 0 Å². The van der Waals surface area contributed by atoms with Gasteiger partial charge in [-0.25, -0.2) is 0 Å². The lowest BCUT2D eigenvalue weighted by Crippen LogP contribution is -2.46. The number of benzene rings is 1. The molecule has 0 saturated carbocycles. The van der Waals surface area contributed by atoms with Gasteiger partial charge in [0.2, 0.25) is 0 Å². The van der Waals surface area contributed by atoms with E-state index in [0.717, 1.165) is 13.1 Å². The van der Waals surface area contributed by atoms with E-state index in [-0.39, 0.29) is 10.3 Å². The van der Waals surface area contributed by atoms with Crippen LogP contribution in [0.15, 0.2) is 18.2 Å². The van der Waals surface area contributed by atoms with Crippen molar-refractivity contribution in [3.8, 4) is 0 Å². The quantitative estimate of drug-likeness (QED) is 0.616. The number of rotatable bonds is 2. The number of nitrogens with zero attached hydrogens (tertiary/aromatic N) is 1. The Morgan fingerprint density at radius 1 is 1.21 bits per heavy atom. The van der Waals surface area contributed by atoms with Crippen molar-refractivity contribution in [2.75, 3.05) is 23.3 Å². The molecule has 0 aromatic heterocycles. The molecule has 2 rings (SSSR count). The van der Waals surface area contributed by atoms with E-state index < -0.39 is 0 Å². The Morgan fingerprint density at radius 3 is 2.47 bits per heavy atom. The van der Waals surface area contributed by atoms with E-state index in [4.69, 9.17) is 0 Å². The van der Waals surface area contributed by atoms with Gasteiger partial charge in [-0.1, -0.05) is 16.9 Å². The zero-order valence-electron chi connectivity index (χ0n) is 12.4. The number of fused-ring (bicyclic) bond motifs is 1. The zero-order valence-corrected chi connectivity index (χ0v) is 14.2. The second-order valence-electron chi connectivity index (χ2n) is 6.58. The second kappa shape index (κ2) is 5.13. The third-order valence-corrected chi connectivity index (χ3v) is 5.73. The summed E-state index contributed by atoms with van der Waals surface area (Å²) in [6.45, 7) is 13.3. The average molecular weight is 297 g/mol. The third-order valence-electron chi connectivity index (χ3n) is 3.67. The van der Waals surface area contributed by atoms with E-state index in [9.17, 15) is 0 Å². The highest BCUT2D eigenvalue weighted by Gasteiger charge is 2.28. The van der Waals surface area contributed by atoms with Crippen LogP contribution in [-0.2, 0) is 4.75 Å². The number of nitrogens with one attached hydrogen (secondary N) is 1. The summed E-state index contributed by atoms with van der Waals surface area (Å²) >= 11 is 4.41. The first kappa shape index (κ1) is 14.9. The molecule has 1 aromatic rings. The van der Waals surface area contributed by atoms with Gasteiger partial charge < -0.3 is 10.2 Å². The van der Waals surface area contributed by atoms with E-state index in [0.29, 0.717) is 0 Å². The topological polar surface area (TPSA) is 15.3 Å². The van der Waals surface area contributed by atoms with Gasteiger partial charge in [-0.15, -0.1) is 11.7 Å². The molecule has 0 amide bonds. The Morgan fingerprint density at radius 2 is 1.89 bits per heavy atom. The van der Waals surface area contributed by atoms with E-state index in [1.165, 1.54) is 16.9 Å². The molecule has 1 N–H and O–H groups in total. The summed E-state index contributed by atoms with van der Waals surface area (Å²) in [5.41, 5.74) is 4.02. The molecule has 0 saturated heterocycles. The van der Waals surface area contributed by atoms with Gasteiger partial charge in [0.05, 0.1) is 11.4 Å². The maximum Gasteiger partial charge on any atom is 0.0610 e. The first-order valence-corrected chi connectivity index (χ1v) is 8.61. The third kappa shape index (κ3) is 3.00. The SMILES string of the molecule is CC(C)(SS)c1ccc2c(c1)N(C(C)(C)C)CCN2. The smallest absolute Gasteiger partial charge is 0.0610 e. The molecule has 0 bridgehead atoms. The highest BCUT2D eigenvalue weighted by molar-refractivity contribution is 8.68. The van der Waals surface area contributed by atoms with Crippen LogP contribution in [0.4, 0.5) is 11.4 Å². The molecular weight excluding hydrogens is 272 g/mol. The van der Waals surface area contributed by atoms with Crippen LogP contribution in [0.5, 0.6) is 0 Å². The zero-order chi connectivity index (χ0) is 14.3. The van der Waals surface area contributed by atoms with Gasteiger partial charge in [0.25, 0.3) is 0 Å². The number of anilines is 2. The minimum absolute atomic E-state index is 0.0269. The minimum atomic E-state index is 0.0269. The maximum absolute atomic E-state index is 4.41. The van der Waals surface area contributed by atoms with E-state index in [1.54, 1.807) is 10.8 Å². The molecule has 1 aliphatic rings. The number of hydrogen-bond acceptors (Lipinski definition) is 4. The molecule has 0 spiro atoms. The molecule has 1 aliphatic heterocycles. The molecule has 0 aliphatic carbocycles. The lowest BCUT2D eigenvalue weighted by molar-refractivity contribution is 0.504. The lowest BCUT2D eigenvalue weighted by Gasteiger charge is -2.42. The second-order valence-corrected chi connectivity index (χ2v) is 8.33. The predicted molar refractivity (Wildman–Crippen MR) is 91.6 cm³/mol. The van der Waals surface area contributed by atoms with Crippen molar-refractivity contribution in [3.05, 3.63) is 23.8 Å². The maximum atomic E-state index is 4.41. The van der Waals surface area contributed by atoms with Crippen molar-refractivity contribution >= 4 is 33.8 Å². The molecule has 1 heterocycles. The highest BCUT2D eigenvalue weighted by Crippen LogP contribution is 2.42. The monoisotopic (exact) mass is 296 g/mol. The molecule has 0 fully saturated rings. The fourth-order valence-corrected chi connectivity index (χ4v) is 3.00. The Labute approximate surface area is 126 Å². The predicted octanol–water partition coefficient (Wildman–Crippen LogP) is 4.53. The molecular formula is C15H24N2S2. The fourth-order valence-electron chi connectivity index (χ4n) is 2.45. The van der Waals surface area contributed by atoms with Gasteiger partial charge in [-0.3, -0.25) is 0 Å². The van der Waals surface area contributed by atoms with Gasteiger partial charge >= 0.3 is 0 Å². The molecule has 4 heteroatoms. The van der Waals surface area contributed by atoms with Crippen molar-refractivity contribution in [2.45, 2.75) is 44.9 Å². The molecule has 0 radical (unpaired) electrons. The summed E-state index contributed by atoms with van der Waals surface area (Å²) in [6.07, 6.45) is 0. The summed E-state index contributed by atoms with van der Waals surface area (Å²) in [5.74, 6) is 0.